The zero-order valence-electron chi connectivity index (χ0n) is 21.2. The van der Waals surface area contributed by atoms with Gasteiger partial charge in [-0.25, -0.2) is 0 Å². The molecule has 0 unspecified atom stereocenters. The molecule has 0 amide bonds. The van der Waals surface area contributed by atoms with Crippen molar-refractivity contribution >= 4 is 127 Å². The van der Waals surface area contributed by atoms with Gasteiger partial charge in [0, 0.05) is 0 Å². The van der Waals surface area contributed by atoms with Crippen molar-refractivity contribution in [3.8, 4) is 0 Å². The van der Waals surface area contributed by atoms with Crippen molar-refractivity contribution in [2.24, 2.45) is 0 Å². The highest BCUT2D eigenvalue weighted by molar-refractivity contribution is 7.81. The van der Waals surface area contributed by atoms with Crippen LogP contribution in [0.1, 0.15) is 0 Å². The average Bonchev–Trinajstić information content (AvgIpc) is 2.34. The third kappa shape index (κ3) is 391000. The second-order valence-corrected chi connectivity index (χ2v) is 13.4. The molecule has 0 spiro atoms. The van der Waals surface area contributed by atoms with Crippen LogP contribution in [0.25, 0.3) is 0 Å². The monoisotopic (exact) mass is 1010 g/mol. The summed E-state index contributed by atoms with van der Waals surface area (Å²) in [5.41, 5.74) is 0. The molecule has 0 bridgehead atoms. The Hall–Kier alpha value is -0.534. The molecular weight excluding hydrogens is 985 g/mol. The summed E-state index contributed by atoms with van der Waals surface area (Å²) in [6.07, 6.45) is 0. The van der Waals surface area contributed by atoms with Crippen LogP contribution < -0.4 is 0 Å². The van der Waals surface area contributed by atoms with Gasteiger partial charge in [0.05, 0.1) is 0 Å². The van der Waals surface area contributed by atoms with Gasteiger partial charge in [0.25, 0.3) is 0 Å². The first-order valence-corrected chi connectivity index (χ1v) is 21.0. The molecule has 51 heavy (non-hydrogen) atoms. The van der Waals surface area contributed by atoms with Crippen LogP contribution in [-0.2, 0) is 104 Å². The molecule has 40 nitrogen and oxygen atoms in total. The number of rotatable bonds is 0. The van der Waals surface area contributed by atoms with E-state index in [2.05, 4.69) is 0 Å². The van der Waals surface area contributed by atoms with Crippen LogP contribution in [0.4, 0.5) is 0 Å². The lowest BCUT2D eigenvalue weighted by atomic mass is 15.8. The van der Waals surface area contributed by atoms with E-state index in [1.165, 1.54) is 0 Å². The molecule has 0 aromatic heterocycles. The highest BCUT2D eigenvalue weighted by Gasteiger charge is 1.88. The summed E-state index contributed by atoms with van der Waals surface area (Å²) >= 11 is 0. The smallest absolute Gasteiger partial charge is 0.264 e. The van der Waals surface area contributed by atoms with Gasteiger partial charge in [0.1, 0.15) is 0 Å². The molecule has 324 valence electrons. The topological polar surface area (TPSA) is 746 Å². The second-order valence-electron chi connectivity index (χ2n) is 4.48. The van der Waals surface area contributed by atoms with Gasteiger partial charge in [-0.2, -0.15) is 84.2 Å². The normalized spacial score (nSPS) is 11.4. The molecule has 51 heteroatoms. The van der Waals surface area contributed by atoms with E-state index in [0.717, 1.165) is 0 Å². The molecule has 0 aliphatic rings. The third-order valence-corrected chi connectivity index (χ3v) is 0. The SMILES string of the molecule is O=S(=O)(O)O.O=S(=O)(O)O.O=S(=O)(O)O.O=S(=O)(O)O.O=S(=O)(O)O.O=S(=O)(O)O.O=S(=O)(O)O.O=S(=O)(O)O.O=S(=O)(O)O.O=S(=O)(O)O.[MgH2]. The summed E-state index contributed by atoms with van der Waals surface area (Å²) < 4.78 is 316. The summed E-state index contributed by atoms with van der Waals surface area (Å²) in [7, 11) is -46.7. The first kappa shape index (κ1) is 79.3. The number of hydrogen-bond donors (Lipinski definition) is 20. The fraction of sp³-hybridized carbons (Fsp3) is 0. The van der Waals surface area contributed by atoms with Crippen LogP contribution in [0.15, 0.2) is 0 Å². The van der Waals surface area contributed by atoms with E-state index in [1.54, 1.807) is 0 Å². The largest absolute Gasteiger partial charge is 0.394 e. The van der Waals surface area contributed by atoms with Crippen LogP contribution in [-0.4, -0.2) is 198 Å². The van der Waals surface area contributed by atoms with E-state index >= 15 is 0 Å². The van der Waals surface area contributed by atoms with Crippen molar-refractivity contribution in [2.45, 2.75) is 0 Å². The van der Waals surface area contributed by atoms with Crippen molar-refractivity contribution in [1.29, 1.82) is 0 Å². The maximum Gasteiger partial charge on any atom is 0.394 e. The molecule has 0 heterocycles. The first-order valence-electron chi connectivity index (χ1n) is 6.98. The second kappa shape index (κ2) is 32.9. The van der Waals surface area contributed by atoms with Crippen LogP contribution in [0, 0.1) is 0 Å². The van der Waals surface area contributed by atoms with Crippen LogP contribution in [0.2, 0.25) is 0 Å². The van der Waals surface area contributed by atoms with E-state index in [1.807, 2.05) is 0 Å². The lowest BCUT2D eigenvalue weighted by Crippen LogP contribution is -1.89. The van der Waals surface area contributed by atoms with E-state index in [4.69, 9.17) is 175 Å². The molecule has 0 aromatic rings. The lowest BCUT2D eigenvalue weighted by molar-refractivity contribution is 0.378. The highest BCUT2D eigenvalue weighted by atomic mass is 32.3. The van der Waals surface area contributed by atoms with Gasteiger partial charge in [-0.3, -0.25) is 91.1 Å². The van der Waals surface area contributed by atoms with Crippen molar-refractivity contribution in [2.75, 3.05) is 0 Å². The molecule has 20 N–H and O–H groups in total. The zero-order chi connectivity index (χ0) is 45.0. The molecule has 0 atom stereocenters. The Labute approximate surface area is 300 Å². The Bertz CT molecular complexity index is 1370. The van der Waals surface area contributed by atoms with Crippen molar-refractivity contribution in [3.63, 3.8) is 0 Å². The van der Waals surface area contributed by atoms with Gasteiger partial charge in [-0.15, -0.1) is 0 Å². The summed E-state index contributed by atoms with van der Waals surface area (Å²) in [4.78, 5) is 0. The van der Waals surface area contributed by atoms with Crippen molar-refractivity contribution in [3.05, 3.63) is 0 Å². The van der Waals surface area contributed by atoms with E-state index in [9.17, 15) is 0 Å². The van der Waals surface area contributed by atoms with Gasteiger partial charge >= 0.3 is 127 Å². The van der Waals surface area contributed by atoms with Gasteiger partial charge in [-0.05, 0) is 0 Å². The van der Waals surface area contributed by atoms with Crippen molar-refractivity contribution < 1.29 is 175 Å². The minimum absolute atomic E-state index is 0. The minimum Gasteiger partial charge on any atom is -0.264 e. The van der Waals surface area contributed by atoms with Gasteiger partial charge in [-0.1, -0.05) is 0 Å². The van der Waals surface area contributed by atoms with Gasteiger partial charge in [0.15, 0.2) is 0 Å². The maximum atomic E-state index is 8.74. The van der Waals surface area contributed by atoms with Crippen LogP contribution >= 0.6 is 0 Å². The van der Waals surface area contributed by atoms with Crippen molar-refractivity contribution in [1.82, 2.24) is 0 Å². The fourth-order valence-corrected chi connectivity index (χ4v) is 0. The Morgan fingerprint density at radius 2 is 0.137 bits per heavy atom. The third-order valence-electron chi connectivity index (χ3n) is 0. The quantitative estimate of drug-likeness (QED) is 0.0792. The minimum atomic E-state index is -4.67. The standard InChI is InChI=1S/Mg.10H2O4S.2H/c;10*1-5(2,3)4;;/h;10*(H2,1,2,3,4);;. The van der Waals surface area contributed by atoms with E-state index in [0.29, 0.717) is 0 Å². The van der Waals surface area contributed by atoms with E-state index < -0.39 is 104 Å². The Morgan fingerprint density at radius 3 is 0.137 bits per heavy atom. The number of hydrogen-bond acceptors (Lipinski definition) is 20. The Morgan fingerprint density at radius 1 is 0.137 bits per heavy atom. The predicted molar refractivity (Wildman–Crippen MR) is 150 cm³/mol. The maximum absolute atomic E-state index is 8.74. The van der Waals surface area contributed by atoms with Gasteiger partial charge < -0.3 is 0 Å². The summed E-state index contributed by atoms with van der Waals surface area (Å²) in [5.74, 6) is 0. The molecule has 0 saturated carbocycles. The molecule has 0 rings (SSSR count). The van der Waals surface area contributed by atoms with Crippen LogP contribution in [0.3, 0.4) is 0 Å². The van der Waals surface area contributed by atoms with Gasteiger partial charge in [0.2, 0.25) is 0 Å². The summed E-state index contributed by atoms with van der Waals surface area (Å²) in [6, 6.07) is 0. The molecule has 0 fully saturated rings. The predicted octanol–water partition coefficient (Wildman–Crippen LogP) is -7.44. The van der Waals surface area contributed by atoms with E-state index in [-0.39, 0.29) is 23.1 Å². The average molecular weight is 1010 g/mol. The molecule has 0 saturated heterocycles. The molecule has 0 radical (unpaired) electrons. The molecule has 0 aliphatic carbocycles. The molecule has 0 aromatic carbocycles. The Balaban J connectivity index is -0.0000000386. The fourth-order valence-electron chi connectivity index (χ4n) is 0. The first-order chi connectivity index (χ1) is 20.0. The molecule has 0 aliphatic heterocycles. The summed E-state index contributed by atoms with van der Waals surface area (Å²) in [6.45, 7) is 0. The highest BCUT2D eigenvalue weighted by Crippen LogP contribution is 1.63. The molecular formula is H22MgO40S10. The zero-order valence-corrected chi connectivity index (χ0v) is 29.4. The van der Waals surface area contributed by atoms with Crippen LogP contribution in [0.5, 0.6) is 0 Å². The Kier molecular flexibility index (Phi) is 51.1. The summed E-state index contributed by atoms with van der Waals surface area (Å²) in [5, 5.41) is 0. The lowest BCUT2D eigenvalue weighted by Gasteiger charge is -1.68.